The molecule has 0 saturated heterocycles. The minimum Gasteiger partial charge on any atom is -0.507 e. The third-order valence-electron chi connectivity index (χ3n) is 2.81. The highest BCUT2D eigenvalue weighted by molar-refractivity contribution is 5.53. The Balaban J connectivity index is 2.34. The number of aromatic hydroxyl groups is 1. The van der Waals surface area contributed by atoms with E-state index in [-0.39, 0.29) is 6.29 Å². The van der Waals surface area contributed by atoms with Crippen molar-refractivity contribution in [1.82, 2.24) is 0 Å². The molecule has 0 saturated carbocycles. The van der Waals surface area contributed by atoms with Crippen molar-refractivity contribution in [2.45, 2.75) is 33.5 Å². The first kappa shape index (κ1) is 10.3. The summed E-state index contributed by atoms with van der Waals surface area (Å²) in [4.78, 5) is 0. The Hall–Kier alpha value is -1.22. The molecule has 0 fully saturated rings. The van der Waals surface area contributed by atoms with E-state index < -0.39 is 0 Å². The average molecular weight is 208 g/mol. The molecule has 0 amide bonds. The molecule has 0 unspecified atom stereocenters. The van der Waals surface area contributed by atoms with E-state index in [0.717, 1.165) is 28.9 Å². The van der Waals surface area contributed by atoms with Crippen LogP contribution in [-0.2, 0) is 11.2 Å². The first-order valence-corrected chi connectivity index (χ1v) is 5.23. The standard InChI is InChI=1S/C12H16O3/c1-4-14-11-6-9-8(3)12(13)7(2)5-10(9)15-11/h5,11,13H,4,6H2,1-3H3/t11-/m0/s1. The third kappa shape index (κ3) is 1.67. The number of phenols is 1. The summed E-state index contributed by atoms with van der Waals surface area (Å²) in [5.74, 6) is 1.22. The van der Waals surface area contributed by atoms with Crippen LogP contribution in [0.4, 0.5) is 0 Å². The van der Waals surface area contributed by atoms with Gasteiger partial charge >= 0.3 is 0 Å². The number of hydrogen-bond donors (Lipinski definition) is 1. The third-order valence-corrected chi connectivity index (χ3v) is 2.81. The number of ether oxygens (including phenoxy) is 2. The topological polar surface area (TPSA) is 38.7 Å². The molecule has 1 N–H and O–H groups in total. The van der Waals surface area contributed by atoms with Gasteiger partial charge in [-0.3, -0.25) is 0 Å². The molecule has 1 atom stereocenters. The van der Waals surface area contributed by atoms with Gasteiger partial charge in [-0.25, -0.2) is 0 Å². The fourth-order valence-corrected chi connectivity index (χ4v) is 1.96. The maximum absolute atomic E-state index is 9.79. The molecule has 15 heavy (non-hydrogen) atoms. The first-order valence-electron chi connectivity index (χ1n) is 5.23. The molecule has 3 heteroatoms. The highest BCUT2D eigenvalue weighted by Gasteiger charge is 2.26. The maximum atomic E-state index is 9.79. The fourth-order valence-electron chi connectivity index (χ4n) is 1.96. The molecule has 1 aliphatic heterocycles. The molecule has 3 nitrogen and oxygen atoms in total. The Labute approximate surface area is 89.6 Å². The van der Waals surface area contributed by atoms with Gasteiger partial charge in [-0.15, -0.1) is 0 Å². The van der Waals surface area contributed by atoms with Crippen molar-refractivity contribution in [1.29, 1.82) is 0 Å². The van der Waals surface area contributed by atoms with Gasteiger partial charge in [0.15, 0.2) is 0 Å². The average Bonchev–Trinajstić information content (AvgIpc) is 2.58. The van der Waals surface area contributed by atoms with Crippen LogP contribution in [0.3, 0.4) is 0 Å². The van der Waals surface area contributed by atoms with Gasteiger partial charge in [0, 0.05) is 18.6 Å². The Morgan fingerprint density at radius 2 is 2.27 bits per heavy atom. The molecule has 0 aliphatic carbocycles. The monoisotopic (exact) mass is 208 g/mol. The van der Waals surface area contributed by atoms with E-state index in [1.807, 2.05) is 26.8 Å². The lowest BCUT2D eigenvalue weighted by Crippen LogP contribution is -2.17. The van der Waals surface area contributed by atoms with Gasteiger partial charge in [0.1, 0.15) is 11.5 Å². The molecule has 0 bridgehead atoms. The molecule has 0 radical (unpaired) electrons. The number of benzene rings is 1. The molecular formula is C12H16O3. The summed E-state index contributed by atoms with van der Waals surface area (Å²) in [7, 11) is 0. The zero-order valence-electron chi connectivity index (χ0n) is 9.33. The lowest BCUT2D eigenvalue weighted by atomic mass is 10.0. The molecule has 1 aliphatic rings. The molecule has 2 rings (SSSR count). The van der Waals surface area contributed by atoms with Crippen LogP contribution in [0.25, 0.3) is 0 Å². The number of hydrogen-bond acceptors (Lipinski definition) is 3. The predicted molar refractivity (Wildman–Crippen MR) is 57.3 cm³/mol. The number of rotatable bonds is 2. The Bertz CT molecular complexity index is 385. The van der Waals surface area contributed by atoms with Gasteiger partial charge in [0.2, 0.25) is 6.29 Å². The summed E-state index contributed by atoms with van der Waals surface area (Å²) < 4.78 is 11.0. The van der Waals surface area contributed by atoms with Crippen LogP contribution in [0.1, 0.15) is 23.6 Å². The number of fused-ring (bicyclic) bond motifs is 1. The summed E-state index contributed by atoms with van der Waals surface area (Å²) in [5.41, 5.74) is 2.83. The Morgan fingerprint density at radius 3 is 2.93 bits per heavy atom. The maximum Gasteiger partial charge on any atom is 0.204 e. The molecular weight excluding hydrogens is 192 g/mol. The highest BCUT2D eigenvalue weighted by atomic mass is 16.7. The lowest BCUT2D eigenvalue weighted by molar-refractivity contribution is -0.0602. The molecule has 1 heterocycles. The van der Waals surface area contributed by atoms with Crippen molar-refractivity contribution in [2.24, 2.45) is 0 Å². The van der Waals surface area contributed by atoms with Crippen molar-refractivity contribution < 1.29 is 14.6 Å². The normalized spacial score (nSPS) is 18.7. The minimum atomic E-state index is -0.190. The molecule has 1 aromatic carbocycles. The van der Waals surface area contributed by atoms with Crippen molar-refractivity contribution >= 4 is 0 Å². The predicted octanol–water partition coefficient (Wildman–Crippen LogP) is 2.31. The van der Waals surface area contributed by atoms with E-state index in [9.17, 15) is 5.11 Å². The van der Waals surface area contributed by atoms with E-state index >= 15 is 0 Å². The quantitative estimate of drug-likeness (QED) is 0.810. The zero-order chi connectivity index (χ0) is 11.0. The van der Waals surface area contributed by atoms with Crippen LogP contribution >= 0.6 is 0 Å². The van der Waals surface area contributed by atoms with Gasteiger partial charge in [-0.05, 0) is 38.0 Å². The van der Waals surface area contributed by atoms with E-state index in [0.29, 0.717) is 12.4 Å². The summed E-state index contributed by atoms with van der Waals surface area (Å²) >= 11 is 0. The first-order chi connectivity index (χ1) is 7.13. The van der Waals surface area contributed by atoms with Crippen molar-refractivity contribution in [3.63, 3.8) is 0 Å². The second-order valence-corrected chi connectivity index (χ2v) is 3.85. The lowest BCUT2D eigenvalue weighted by Gasteiger charge is -2.09. The van der Waals surface area contributed by atoms with Crippen LogP contribution in [0.5, 0.6) is 11.5 Å². The van der Waals surface area contributed by atoms with Crippen LogP contribution in [0, 0.1) is 13.8 Å². The SMILES string of the molecule is CCO[C@@H]1Cc2c(cc(C)c(O)c2C)O1. The largest absolute Gasteiger partial charge is 0.507 e. The smallest absolute Gasteiger partial charge is 0.204 e. The summed E-state index contributed by atoms with van der Waals surface area (Å²) in [6, 6.07) is 1.87. The van der Waals surface area contributed by atoms with Gasteiger partial charge in [-0.2, -0.15) is 0 Å². The van der Waals surface area contributed by atoms with Crippen molar-refractivity contribution in [3.05, 3.63) is 22.8 Å². The van der Waals surface area contributed by atoms with Crippen molar-refractivity contribution in [3.8, 4) is 11.5 Å². The Kier molecular flexibility index (Phi) is 2.57. The van der Waals surface area contributed by atoms with E-state index in [4.69, 9.17) is 9.47 Å². The molecule has 1 aromatic rings. The van der Waals surface area contributed by atoms with Gasteiger partial charge in [0.25, 0.3) is 0 Å². The summed E-state index contributed by atoms with van der Waals surface area (Å²) in [5, 5.41) is 9.79. The second-order valence-electron chi connectivity index (χ2n) is 3.85. The van der Waals surface area contributed by atoms with Gasteiger partial charge < -0.3 is 14.6 Å². The Morgan fingerprint density at radius 1 is 1.53 bits per heavy atom. The molecule has 0 aromatic heterocycles. The number of aryl methyl sites for hydroxylation is 1. The molecule has 82 valence electrons. The number of phenolic OH excluding ortho intramolecular Hbond substituents is 1. The highest BCUT2D eigenvalue weighted by Crippen LogP contribution is 2.38. The summed E-state index contributed by atoms with van der Waals surface area (Å²) in [6.07, 6.45) is 0.535. The van der Waals surface area contributed by atoms with E-state index in [1.54, 1.807) is 0 Å². The van der Waals surface area contributed by atoms with Gasteiger partial charge in [0.05, 0.1) is 0 Å². The van der Waals surface area contributed by atoms with Crippen molar-refractivity contribution in [2.75, 3.05) is 6.61 Å². The van der Waals surface area contributed by atoms with Crippen LogP contribution in [-0.4, -0.2) is 18.0 Å². The van der Waals surface area contributed by atoms with E-state index in [1.165, 1.54) is 0 Å². The second kappa shape index (κ2) is 3.74. The summed E-state index contributed by atoms with van der Waals surface area (Å²) in [6.45, 7) is 6.38. The molecule has 0 spiro atoms. The van der Waals surface area contributed by atoms with E-state index in [2.05, 4.69) is 0 Å². The van der Waals surface area contributed by atoms with Crippen LogP contribution in [0.2, 0.25) is 0 Å². The van der Waals surface area contributed by atoms with Crippen LogP contribution < -0.4 is 4.74 Å². The minimum absolute atomic E-state index is 0.190. The zero-order valence-corrected chi connectivity index (χ0v) is 9.33. The van der Waals surface area contributed by atoms with Gasteiger partial charge in [-0.1, -0.05) is 0 Å². The van der Waals surface area contributed by atoms with Crippen LogP contribution in [0.15, 0.2) is 6.07 Å². The fraction of sp³-hybridized carbons (Fsp3) is 0.500.